The molecule has 6 heteroatoms. The molecular formula is C22H24N2O4. The fourth-order valence-electron chi connectivity index (χ4n) is 3.75. The van der Waals surface area contributed by atoms with Gasteiger partial charge in [-0.2, -0.15) is 0 Å². The predicted octanol–water partition coefficient (Wildman–Crippen LogP) is 3.22. The zero-order chi connectivity index (χ0) is 19.7. The summed E-state index contributed by atoms with van der Waals surface area (Å²) >= 11 is 0. The van der Waals surface area contributed by atoms with Crippen LogP contribution in [0.2, 0.25) is 0 Å². The fraction of sp³-hybridized carbons (Fsp3) is 0.364. The second kappa shape index (κ2) is 7.54. The number of hydrogen-bond acceptors (Lipinski definition) is 5. The SMILES string of the molecule is CN(C)c1ccc(C(=O)N2CCCC(C(=O)c3ccc4c(c3)OCO4)C2)cc1. The number of rotatable bonds is 4. The Morgan fingerprint density at radius 1 is 1.00 bits per heavy atom. The number of carbonyl (C=O) groups excluding carboxylic acids is 2. The number of carbonyl (C=O) groups is 2. The van der Waals surface area contributed by atoms with E-state index < -0.39 is 0 Å². The molecule has 0 spiro atoms. The average molecular weight is 380 g/mol. The fourth-order valence-corrected chi connectivity index (χ4v) is 3.75. The van der Waals surface area contributed by atoms with Crippen LogP contribution >= 0.6 is 0 Å². The second-order valence-electron chi connectivity index (χ2n) is 7.46. The van der Waals surface area contributed by atoms with E-state index in [9.17, 15) is 9.59 Å². The average Bonchev–Trinajstić information content (AvgIpc) is 3.20. The van der Waals surface area contributed by atoms with Gasteiger partial charge in [-0.3, -0.25) is 9.59 Å². The Kier molecular flexibility index (Phi) is 4.94. The first-order valence-electron chi connectivity index (χ1n) is 9.53. The van der Waals surface area contributed by atoms with E-state index >= 15 is 0 Å². The van der Waals surface area contributed by atoms with Gasteiger partial charge in [-0.25, -0.2) is 0 Å². The van der Waals surface area contributed by atoms with Gasteiger partial charge in [-0.1, -0.05) is 0 Å². The highest BCUT2D eigenvalue weighted by Crippen LogP contribution is 2.34. The van der Waals surface area contributed by atoms with Crippen molar-refractivity contribution in [3.8, 4) is 11.5 Å². The molecule has 0 aromatic heterocycles. The van der Waals surface area contributed by atoms with Crippen LogP contribution in [0.5, 0.6) is 11.5 Å². The van der Waals surface area contributed by atoms with Crippen LogP contribution in [-0.4, -0.2) is 50.6 Å². The number of fused-ring (bicyclic) bond motifs is 1. The maximum Gasteiger partial charge on any atom is 0.253 e. The summed E-state index contributed by atoms with van der Waals surface area (Å²) in [5, 5.41) is 0. The number of ketones is 1. The number of likely N-dealkylation sites (tertiary alicyclic amines) is 1. The van der Waals surface area contributed by atoms with Crippen LogP contribution < -0.4 is 14.4 Å². The van der Waals surface area contributed by atoms with Crippen molar-refractivity contribution >= 4 is 17.4 Å². The van der Waals surface area contributed by atoms with E-state index in [1.807, 2.05) is 43.3 Å². The number of nitrogens with zero attached hydrogens (tertiary/aromatic N) is 2. The molecule has 28 heavy (non-hydrogen) atoms. The monoisotopic (exact) mass is 380 g/mol. The van der Waals surface area contributed by atoms with Gasteiger partial charge in [0.25, 0.3) is 5.91 Å². The standard InChI is InChI=1S/C22H24N2O4/c1-23(2)18-8-5-15(6-9-18)22(26)24-11-3-4-17(13-24)21(25)16-7-10-19-20(12-16)28-14-27-19/h5-10,12,17H,3-4,11,13-14H2,1-2H3. The van der Waals surface area contributed by atoms with Crippen LogP contribution in [0, 0.1) is 5.92 Å². The zero-order valence-corrected chi connectivity index (χ0v) is 16.2. The lowest BCUT2D eigenvalue weighted by atomic mass is 9.89. The summed E-state index contributed by atoms with van der Waals surface area (Å²) in [7, 11) is 3.93. The van der Waals surface area contributed by atoms with E-state index in [2.05, 4.69) is 0 Å². The number of benzene rings is 2. The van der Waals surface area contributed by atoms with Gasteiger partial charge in [-0.15, -0.1) is 0 Å². The van der Waals surface area contributed by atoms with Gasteiger partial charge in [-0.05, 0) is 55.3 Å². The Bertz CT molecular complexity index is 892. The van der Waals surface area contributed by atoms with Gasteiger partial charge in [0.2, 0.25) is 6.79 Å². The van der Waals surface area contributed by atoms with E-state index in [1.165, 1.54) is 0 Å². The summed E-state index contributed by atoms with van der Waals surface area (Å²) in [5.41, 5.74) is 2.31. The Morgan fingerprint density at radius 3 is 2.46 bits per heavy atom. The van der Waals surface area contributed by atoms with Crippen molar-refractivity contribution in [3.05, 3.63) is 53.6 Å². The Hall–Kier alpha value is -3.02. The molecule has 2 heterocycles. The first-order valence-corrected chi connectivity index (χ1v) is 9.53. The molecule has 6 nitrogen and oxygen atoms in total. The normalized spacial score (nSPS) is 18.1. The maximum absolute atomic E-state index is 13.0. The molecule has 0 aliphatic carbocycles. The summed E-state index contributed by atoms with van der Waals surface area (Å²) in [6.45, 7) is 1.31. The minimum atomic E-state index is -0.195. The van der Waals surface area contributed by atoms with Crippen LogP contribution in [0.25, 0.3) is 0 Å². The first kappa shape index (κ1) is 18.3. The molecular weight excluding hydrogens is 356 g/mol. The summed E-state index contributed by atoms with van der Waals surface area (Å²) in [6, 6.07) is 12.9. The molecule has 146 valence electrons. The molecule has 0 saturated carbocycles. The first-order chi connectivity index (χ1) is 13.5. The Labute approximate surface area is 164 Å². The van der Waals surface area contributed by atoms with Crippen molar-refractivity contribution in [2.45, 2.75) is 12.8 Å². The number of amides is 1. The lowest BCUT2D eigenvalue weighted by Gasteiger charge is -2.32. The number of anilines is 1. The molecule has 2 aromatic rings. The van der Waals surface area contributed by atoms with Crippen LogP contribution in [0.4, 0.5) is 5.69 Å². The largest absolute Gasteiger partial charge is 0.454 e. The van der Waals surface area contributed by atoms with Crippen molar-refractivity contribution in [1.29, 1.82) is 0 Å². The number of hydrogen-bond donors (Lipinski definition) is 0. The van der Waals surface area contributed by atoms with E-state index in [-0.39, 0.29) is 24.4 Å². The molecule has 1 unspecified atom stereocenters. The van der Waals surface area contributed by atoms with Gasteiger partial charge in [0, 0.05) is 49.9 Å². The number of Topliss-reactive ketones (excluding diaryl/α,β-unsaturated/α-hetero) is 1. The quantitative estimate of drug-likeness (QED) is 0.763. The van der Waals surface area contributed by atoms with E-state index in [0.717, 1.165) is 18.5 Å². The minimum absolute atomic E-state index is 0.0199. The van der Waals surface area contributed by atoms with Gasteiger partial charge in [0.05, 0.1) is 0 Å². The topological polar surface area (TPSA) is 59.1 Å². The van der Waals surface area contributed by atoms with Crippen LogP contribution in [0.15, 0.2) is 42.5 Å². The van der Waals surface area contributed by atoms with Gasteiger partial charge in [0.15, 0.2) is 17.3 Å². The molecule has 2 aliphatic heterocycles. The maximum atomic E-state index is 13.0. The van der Waals surface area contributed by atoms with Crippen molar-refractivity contribution in [2.75, 3.05) is 38.9 Å². The lowest BCUT2D eigenvalue weighted by Crippen LogP contribution is -2.42. The van der Waals surface area contributed by atoms with Gasteiger partial charge in [0.1, 0.15) is 0 Å². The third-order valence-corrected chi connectivity index (χ3v) is 5.37. The Balaban J connectivity index is 1.46. The van der Waals surface area contributed by atoms with Gasteiger partial charge < -0.3 is 19.3 Å². The number of ether oxygens (including phenoxy) is 2. The van der Waals surface area contributed by atoms with E-state index in [4.69, 9.17) is 9.47 Å². The van der Waals surface area contributed by atoms with Crippen LogP contribution in [-0.2, 0) is 0 Å². The second-order valence-corrected chi connectivity index (χ2v) is 7.46. The predicted molar refractivity (Wildman–Crippen MR) is 106 cm³/mol. The molecule has 0 N–H and O–H groups in total. The molecule has 4 rings (SSSR count). The molecule has 2 aromatic carbocycles. The van der Waals surface area contributed by atoms with Crippen molar-refractivity contribution < 1.29 is 19.1 Å². The summed E-state index contributed by atoms with van der Waals surface area (Å²) in [5.74, 6) is 1.11. The highest BCUT2D eigenvalue weighted by atomic mass is 16.7. The highest BCUT2D eigenvalue weighted by molar-refractivity contribution is 6.00. The molecule has 1 atom stereocenters. The summed E-state index contributed by atoms with van der Waals surface area (Å²) in [4.78, 5) is 29.7. The van der Waals surface area contributed by atoms with Crippen LogP contribution in [0.1, 0.15) is 33.6 Å². The van der Waals surface area contributed by atoms with Gasteiger partial charge >= 0.3 is 0 Å². The van der Waals surface area contributed by atoms with Crippen LogP contribution in [0.3, 0.4) is 0 Å². The van der Waals surface area contributed by atoms with E-state index in [0.29, 0.717) is 35.7 Å². The molecule has 0 radical (unpaired) electrons. The summed E-state index contributed by atoms with van der Waals surface area (Å²) in [6.07, 6.45) is 1.61. The lowest BCUT2D eigenvalue weighted by molar-refractivity contribution is 0.0637. The third-order valence-electron chi connectivity index (χ3n) is 5.37. The van der Waals surface area contributed by atoms with Crippen molar-refractivity contribution in [1.82, 2.24) is 4.90 Å². The Morgan fingerprint density at radius 2 is 1.71 bits per heavy atom. The summed E-state index contributed by atoms with van der Waals surface area (Å²) < 4.78 is 10.7. The van der Waals surface area contributed by atoms with E-state index in [1.54, 1.807) is 23.1 Å². The molecule has 1 fully saturated rings. The minimum Gasteiger partial charge on any atom is -0.454 e. The highest BCUT2D eigenvalue weighted by Gasteiger charge is 2.30. The van der Waals surface area contributed by atoms with Crippen molar-refractivity contribution in [2.24, 2.45) is 5.92 Å². The molecule has 1 amide bonds. The zero-order valence-electron chi connectivity index (χ0n) is 16.2. The van der Waals surface area contributed by atoms with Crippen molar-refractivity contribution in [3.63, 3.8) is 0 Å². The number of piperidine rings is 1. The molecule has 2 aliphatic rings. The smallest absolute Gasteiger partial charge is 0.253 e. The molecule has 1 saturated heterocycles. The third kappa shape index (κ3) is 3.54. The molecule has 0 bridgehead atoms.